The van der Waals surface area contributed by atoms with E-state index in [0.717, 1.165) is 18.4 Å². The van der Waals surface area contributed by atoms with E-state index in [9.17, 15) is 9.18 Å². The maximum atomic E-state index is 13.6. The van der Waals surface area contributed by atoms with Crippen molar-refractivity contribution in [1.82, 2.24) is 5.32 Å². The van der Waals surface area contributed by atoms with Gasteiger partial charge in [-0.1, -0.05) is 6.07 Å². The zero-order valence-electron chi connectivity index (χ0n) is 10.8. The van der Waals surface area contributed by atoms with E-state index in [-0.39, 0.29) is 23.3 Å². The van der Waals surface area contributed by atoms with Crippen molar-refractivity contribution in [2.24, 2.45) is 5.92 Å². The minimum atomic E-state index is -0.375. The summed E-state index contributed by atoms with van der Waals surface area (Å²) in [6, 6.07) is 5.29. The second-order valence-corrected chi connectivity index (χ2v) is 5.06. The van der Waals surface area contributed by atoms with Gasteiger partial charge in [-0.15, -0.1) is 0 Å². The normalized spacial score (nSPS) is 23.7. The molecule has 1 aliphatic rings. The van der Waals surface area contributed by atoms with Gasteiger partial charge in [0.2, 0.25) is 5.91 Å². The molecule has 0 aliphatic carbocycles. The first-order chi connectivity index (χ1) is 8.56. The van der Waals surface area contributed by atoms with Gasteiger partial charge in [0, 0.05) is 12.6 Å². The first kappa shape index (κ1) is 13.0. The topological polar surface area (TPSA) is 41.1 Å². The lowest BCUT2D eigenvalue weighted by molar-refractivity contribution is -0.120. The van der Waals surface area contributed by atoms with Crippen molar-refractivity contribution in [1.29, 1.82) is 0 Å². The summed E-state index contributed by atoms with van der Waals surface area (Å²) in [7, 11) is 0. The van der Waals surface area contributed by atoms with Crippen molar-refractivity contribution in [2.45, 2.75) is 32.7 Å². The van der Waals surface area contributed by atoms with E-state index in [0.29, 0.717) is 12.6 Å². The van der Waals surface area contributed by atoms with Gasteiger partial charge in [-0.05, 0) is 44.4 Å². The van der Waals surface area contributed by atoms with Crippen LogP contribution in [0.15, 0.2) is 18.2 Å². The predicted octanol–water partition coefficient (Wildman–Crippen LogP) is 2.46. The van der Waals surface area contributed by atoms with E-state index in [4.69, 9.17) is 0 Å². The van der Waals surface area contributed by atoms with Crippen LogP contribution in [0.1, 0.15) is 25.3 Å². The molecule has 1 aromatic rings. The highest BCUT2D eigenvalue weighted by molar-refractivity contribution is 5.92. The highest BCUT2D eigenvalue weighted by Gasteiger charge is 2.24. The number of hydrogen-bond acceptors (Lipinski definition) is 2. The molecule has 0 spiro atoms. The summed E-state index contributed by atoms with van der Waals surface area (Å²) < 4.78 is 13.6. The fourth-order valence-corrected chi connectivity index (χ4v) is 2.18. The van der Waals surface area contributed by atoms with Crippen LogP contribution in [0.4, 0.5) is 10.1 Å². The number of anilines is 1. The van der Waals surface area contributed by atoms with Gasteiger partial charge in [0.05, 0.1) is 11.6 Å². The van der Waals surface area contributed by atoms with E-state index in [2.05, 4.69) is 17.6 Å². The third kappa shape index (κ3) is 3.07. The molecule has 0 radical (unpaired) electrons. The Labute approximate surface area is 107 Å². The van der Waals surface area contributed by atoms with E-state index < -0.39 is 0 Å². The van der Waals surface area contributed by atoms with Gasteiger partial charge < -0.3 is 10.6 Å². The molecule has 4 heteroatoms. The molecule has 98 valence electrons. The number of piperidine rings is 1. The second kappa shape index (κ2) is 5.48. The van der Waals surface area contributed by atoms with E-state index in [1.807, 2.05) is 6.92 Å². The molecule has 2 rings (SSSR count). The molecule has 1 saturated heterocycles. The third-order valence-electron chi connectivity index (χ3n) is 3.41. The minimum absolute atomic E-state index is 0.0677. The SMILES string of the molecule is Cc1ccc(NC(=O)C2CCC(C)NC2)c(F)c1. The number of halogens is 1. The zero-order valence-corrected chi connectivity index (χ0v) is 10.8. The molecule has 3 nitrogen and oxygen atoms in total. The highest BCUT2D eigenvalue weighted by Crippen LogP contribution is 2.19. The monoisotopic (exact) mass is 250 g/mol. The maximum Gasteiger partial charge on any atom is 0.228 e. The Morgan fingerprint density at radius 3 is 2.83 bits per heavy atom. The van der Waals surface area contributed by atoms with Crippen LogP contribution >= 0.6 is 0 Å². The number of carbonyl (C=O) groups excluding carboxylic acids is 1. The molecule has 1 heterocycles. The van der Waals surface area contributed by atoms with Gasteiger partial charge in [0.1, 0.15) is 5.82 Å². The Bertz CT molecular complexity index is 439. The number of amides is 1. The quantitative estimate of drug-likeness (QED) is 0.846. The van der Waals surface area contributed by atoms with Gasteiger partial charge in [-0.25, -0.2) is 4.39 Å². The highest BCUT2D eigenvalue weighted by atomic mass is 19.1. The molecule has 2 atom stereocenters. The molecular formula is C14H19FN2O. The van der Waals surface area contributed by atoms with Crippen molar-refractivity contribution in [2.75, 3.05) is 11.9 Å². The van der Waals surface area contributed by atoms with Gasteiger partial charge in [-0.3, -0.25) is 4.79 Å². The average Bonchev–Trinajstić information content (AvgIpc) is 2.33. The first-order valence-corrected chi connectivity index (χ1v) is 6.36. The summed E-state index contributed by atoms with van der Waals surface area (Å²) in [5.74, 6) is -0.542. The van der Waals surface area contributed by atoms with Crippen LogP contribution in [-0.2, 0) is 4.79 Å². The standard InChI is InChI=1S/C14H19FN2O/c1-9-3-6-13(12(15)7-9)17-14(18)11-5-4-10(2)16-8-11/h3,6-7,10-11,16H,4-5,8H2,1-2H3,(H,17,18). The molecule has 2 unspecified atom stereocenters. The summed E-state index contributed by atoms with van der Waals surface area (Å²) in [6.07, 6.45) is 1.84. The largest absolute Gasteiger partial charge is 0.323 e. The minimum Gasteiger partial charge on any atom is -0.323 e. The summed E-state index contributed by atoms with van der Waals surface area (Å²) >= 11 is 0. The number of carbonyl (C=O) groups is 1. The van der Waals surface area contributed by atoms with E-state index >= 15 is 0 Å². The number of hydrogen-bond donors (Lipinski definition) is 2. The van der Waals surface area contributed by atoms with Crippen LogP contribution in [-0.4, -0.2) is 18.5 Å². The molecular weight excluding hydrogens is 231 g/mol. The zero-order chi connectivity index (χ0) is 13.1. The molecule has 0 aromatic heterocycles. The molecule has 1 aromatic carbocycles. The molecule has 18 heavy (non-hydrogen) atoms. The Morgan fingerprint density at radius 1 is 1.44 bits per heavy atom. The van der Waals surface area contributed by atoms with Crippen molar-refractivity contribution < 1.29 is 9.18 Å². The van der Waals surface area contributed by atoms with Gasteiger partial charge >= 0.3 is 0 Å². The van der Waals surface area contributed by atoms with Gasteiger partial charge in [0.25, 0.3) is 0 Å². The lowest BCUT2D eigenvalue weighted by atomic mass is 9.94. The first-order valence-electron chi connectivity index (χ1n) is 6.36. The fourth-order valence-electron chi connectivity index (χ4n) is 2.18. The van der Waals surface area contributed by atoms with Crippen LogP contribution in [0.25, 0.3) is 0 Å². The number of aryl methyl sites for hydroxylation is 1. The Balaban J connectivity index is 1.98. The summed E-state index contributed by atoms with van der Waals surface area (Å²) in [5.41, 5.74) is 1.11. The average molecular weight is 250 g/mol. The third-order valence-corrected chi connectivity index (χ3v) is 3.41. The summed E-state index contributed by atoms with van der Waals surface area (Å²) in [4.78, 5) is 12.0. The van der Waals surface area contributed by atoms with E-state index in [1.165, 1.54) is 6.07 Å². The van der Waals surface area contributed by atoms with Crippen molar-refractivity contribution >= 4 is 11.6 Å². The van der Waals surface area contributed by atoms with Gasteiger partial charge in [-0.2, -0.15) is 0 Å². The second-order valence-electron chi connectivity index (χ2n) is 5.06. The van der Waals surface area contributed by atoms with Crippen molar-refractivity contribution in [3.8, 4) is 0 Å². The number of nitrogens with one attached hydrogen (secondary N) is 2. The number of benzene rings is 1. The molecule has 1 fully saturated rings. The fraction of sp³-hybridized carbons (Fsp3) is 0.500. The lowest BCUT2D eigenvalue weighted by Crippen LogP contribution is -2.41. The van der Waals surface area contributed by atoms with Gasteiger partial charge in [0.15, 0.2) is 0 Å². The maximum absolute atomic E-state index is 13.6. The molecule has 1 amide bonds. The van der Waals surface area contributed by atoms with E-state index in [1.54, 1.807) is 12.1 Å². The van der Waals surface area contributed by atoms with Crippen molar-refractivity contribution in [3.63, 3.8) is 0 Å². The molecule has 2 N–H and O–H groups in total. The predicted molar refractivity (Wildman–Crippen MR) is 70.0 cm³/mol. The lowest BCUT2D eigenvalue weighted by Gasteiger charge is -2.26. The van der Waals surface area contributed by atoms with Crippen LogP contribution in [0.2, 0.25) is 0 Å². The van der Waals surface area contributed by atoms with Crippen LogP contribution < -0.4 is 10.6 Å². The Kier molecular flexibility index (Phi) is 3.97. The smallest absolute Gasteiger partial charge is 0.228 e. The molecule has 0 saturated carbocycles. The Hall–Kier alpha value is -1.42. The Morgan fingerprint density at radius 2 is 2.22 bits per heavy atom. The molecule has 0 bridgehead atoms. The van der Waals surface area contributed by atoms with Crippen molar-refractivity contribution in [3.05, 3.63) is 29.6 Å². The summed E-state index contributed by atoms with van der Waals surface area (Å²) in [5, 5.41) is 5.94. The van der Waals surface area contributed by atoms with Crippen LogP contribution in [0.5, 0.6) is 0 Å². The number of rotatable bonds is 2. The van der Waals surface area contributed by atoms with Crippen LogP contribution in [0.3, 0.4) is 0 Å². The van der Waals surface area contributed by atoms with Crippen LogP contribution in [0, 0.1) is 18.7 Å². The molecule has 1 aliphatic heterocycles. The summed E-state index contributed by atoms with van der Waals surface area (Å²) in [6.45, 7) is 4.59.